The van der Waals surface area contributed by atoms with Gasteiger partial charge in [-0.1, -0.05) is 49.2 Å². The molecule has 1 N–H and O–H groups in total. The molecular weight excluding hydrogens is 320 g/mol. The molecule has 3 rings (SSSR count). The average Bonchev–Trinajstić information content (AvgIpc) is 2.93. The first kappa shape index (κ1) is 16.5. The van der Waals surface area contributed by atoms with Crippen LogP contribution in [-0.2, 0) is 0 Å². The predicted molar refractivity (Wildman–Crippen MR) is 99.3 cm³/mol. The first-order chi connectivity index (χ1) is 11.7. The molecule has 0 spiro atoms. The molecule has 0 fully saturated rings. The van der Waals surface area contributed by atoms with Crippen LogP contribution in [0.4, 0.5) is 0 Å². The van der Waals surface area contributed by atoms with Crippen LogP contribution >= 0.6 is 11.6 Å². The van der Waals surface area contributed by atoms with Crippen LogP contribution in [-0.4, -0.2) is 10.9 Å². The van der Waals surface area contributed by atoms with Gasteiger partial charge in [0.2, 0.25) is 0 Å². The van der Waals surface area contributed by atoms with Crippen LogP contribution in [0.3, 0.4) is 0 Å². The number of carbonyl (C=O) groups excluding carboxylic acids is 1. The van der Waals surface area contributed by atoms with Gasteiger partial charge < -0.3 is 5.11 Å². The van der Waals surface area contributed by atoms with Gasteiger partial charge in [0.15, 0.2) is 5.78 Å². The SMILES string of the molecule is CCCCC1=C(C(=O)c2ccc(Cl)cc2)c2ccccc2/C1=C\O. The van der Waals surface area contributed by atoms with Crippen LogP contribution in [0.5, 0.6) is 0 Å². The van der Waals surface area contributed by atoms with Gasteiger partial charge in [-0.25, -0.2) is 0 Å². The minimum Gasteiger partial charge on any atom is -0.515 e. The smallest absolute Gasteiger partial charge is 0.193 e. The zero-order valence-electron chi connectivity index (χ0n) is 13.6. The van der Waals surface area contributed by atoms with E-state index in [9.17, 15) is 9.90 Å². The Hall–Kier alpha value is -2.32. The maximum Gasteiger partial charge on any atom is 0.193 e. The summed E-state index contributed by atoms with van der Waals surface area (Å²) >= 11 is 5.93. The van der Waals surface area contributed by atoms with Gasteiger partial charge in [0.1, 0.15) is 0 Å². The van der Waals surface area contributed by atoms with Gasteiger partial charge in [-0.05, 0) is 53.8 Å². The Morgan fingerprint density at radius 1 is 1.08 bits per heavy atom. The molecule has 24 heavy (non-hydrogen) atoms. The van der Waals surface area contributed by atoms with Crippen molar-refractivity contribution < 1.29 is 9.90 Å². The molecule has 0 unspecified atom stereocenters. The summed E-state index contributed by atoms with van der Waals surface area (Å²) in [6.07, 6.45) is 3.90. The molecule has 0 radical (unpaired) electrons. The van der Waals surface area contributed by atoms with E-state index >= 15 is 0 Å². The van der Waals surface area contributed by atoms with E-state index in [0.29, 0.717) is 16.2 Å². The molecule has 0 atom stereocenters. The minimum atomic E-state index is -0.0259. The quantitative estimate of drug-likeness (QED) is 0.530. The second-order valence-electron chi connectivity index (χ2n) is 5.88. The number of unbranched alkanes of at least 4 members (excludes halogenated alkanes) is 1. The fourth-order valence-electron chi connectivity index (χ4n) is 3.16. The zero-order valence-corrected chi connectivity index (χ0v) is 14.3. The van der Waals surface area contributed by atoms with Gasteiger partial charge in [0, 0.05) is 21.7 Å². The first-order valence-corrected chi connectivity index (χ1v) is 8.53. The van der Waals surface area contributed by atoms with Crippen molar-refractivity contribution in [3.63, 3.8) is 0 Å². The number of hydrogen-bond donors (Lipinski definition) is 1. The van der Waals surface area contributed by atoms with E-state index in [1.54, 1.807) is 24.3 Å². The Balaban J connectivity index is 2.15. The number of aliphatic hydroxyl groups excluding tert-OH is 1. The summed E-state index contributed by atoms with van der Waals surface area (Å²) in [4.78, 5) is 13.1. The summed E-state index contributed by atoms with van der Waals surface area (Å²) in [7, 11) is 0. The van der Waals surface area contributed by atoms with Crippen molar-refractivity contribution >= 4 is 28.5 Å². The topological polar surface area (TPSA) is 37.3 Å². The molecule has 2 aromatic rings. The molecule has 0 amide bonds. The van der Waals surface area contributed by atoms with Crippen molar-refractivity contribution in [2.24, 2.45) is 0 Å². The lowest BCUT2D eigenvalue weighted by molar-refractivity contribution is 0.105. The van der Waals surface area contributed by atoms with Gasteiger partial charge in [-0.15, -0.1) is 0 Å². The molecular formula is C21H19ClO2. The van der Waals surface area contributed by atoms with Crippen LogP contribution in [0.25, 0.3) is 11.1 Å². The number of halogens is 1. The maximum atomic E-state index is 13.1. The molecule has 0 saturated carbocycles. The summed E-state index contributed by atoms with van der Waals surface area (Å²) in [5.74, 6) is -0.0259. The monoisotopic (exact) mass is 338 g/mol. The van der Waals surface area contributed by atoms with Crippen molar-refractivity contribution in [3.05, 3.63) is 82.1 Å². The van der Waals surface area contributed by atoms with Crippen molar-refractivity contribution in [1.29, 1.82) is 0 Å². The number of ketones is 1. The second-order valence-corrected chi connectivity index (χ2v) is 6.32. The lowest BCUT2D eigenvalue weighted by atomic mass is 9.94. The number of carbonyl (C=O) groups is 1. The summed E-state index contributed by atoms with van der Waals surface area (Å²) in [6.45, 7) is 2.12. The number of fused-ring (bicyclic) bond motifs is 1. The molecule has 3 heteroatoms. The van der Waals surface area contributed by atoms with Crippen LogP contribution in [0.1, 0.15) is 47.7 Å². The van der Waals surface area contributed by atoms with Crippen LogP contribution < -0.4 is 0 Å². The van der Waals surface area contributed by atoms with Crippen molar-refractivity contribution in [1.82, 2.24) is 0 Å². The molecule has 0 bridgehead atoms. The zero-order chi connectivity index (χ0) is 17.1. The second kappa shape index (κ2) is 7.06. The van der Waals surface area contributed by atoms with Crippen molar-refractivity contribution in [3.8, 4) is 0 Å². The highest BCUT2D eigenvalue weighted by Gasteiger charge is 2.30. The fourth-order valence-corrected chi connectivity index (χ4v) is 3.29. The van der Waals surface area contributed by atoms with Crippen LogP contribution in [0.15, 0.2) is 60.4 Å². The van der Waals surface area contributed by atoms with Gasteiger partial charge in [0.05, 0.1) is 6.26 Å². The first-order valence-electron chi connectivity index (χ1n) is 8.15. The number of aliphatic hydroxyl groups is 1. The van der Waals surface area contributed by atoms with Crippen LogP contribution in [0, 0.1) is 0 Å². The number of hydrogen-bond acceptors (Lipinski definition) is 2. The molecule has 2 nitrogen and oxygen atoms in total. The highest BCUT2D eigenvalue weighted by atomic mass is 35.5. The largest absolute Gasteiger partial charge is 0.515 e. The van der Waals surface area contributed by atoms with Gasteiger partial charge in [-0.3, -0.25) is 4.79 Å². The molecule has 0 heterocycles. The Kier molecular flexibility index (Phi) is 4.86. The highest BCUT2D eigenvalue weighted by molar-refractivity contribution is 6.35. The Labute approximate surface area is 147 Å². The number of benzene rings is 2. The standard InChI is InChI=1S/C21H19ClO2/c1-2-3-6-18-19(13-23)16-7-4-5-8-17(16)20(18)21(24)14-9-11-15(22)12-10-14/h4-5,7-13,23H,2-3,6H2,1H3/b19-13+. The van der Waals surface area contributed by atoms with E-state index in [-0.39, 0.29) is 5.78 Å². The maximum absolute atomic E-state index is 13.1. The third-order valence-corrected chi connectivity index (χ3v) is 4.61. The third kappa shape index (κ3) is 2.90. The minimum absolute atomic E-state index is 0.0259. The normalized spacial score (nSPS) is 15.0. The van der Waals surface area contributed by atoms with E-state index < -0.39 is 0 Å². The molecule has 122 valence electrons. The summed E-state index contributed by atoms with van der Waals surface area (Å²) in [6, 6.07) is 14.7. The molecule has 1 aliphatic rings. The number of rotatable bonds is 5. The number of Topliss-reactive ketones (excluding diaryl/α,β-unsaturated/α-hetero) is 1. The summed E-state index contributed by atoms with van der Waals surface area (Å²) in [5.41, 5.74) is 4.81. The summed E-state index contributed by atoms with van der Waals surface area (Å²) in [5, 5.41) is 10.4. The van der Waals surface area contributed by atoms with Crippen molar-refractivity contribution in [2.45, 2.75) is 26.2 Å². The Morgan fingerprint density at radius 3 is 2.38 bits per heavy atom. The van der Waals surface area contributed by atoms with Crippen molar-refractivity contribution in [2.75, 3.05) is 0 Å². The number of allylic oxidation sites excluding steroid dienone is 3. The lowest BCUT2D eigenvalue weighted by Gasteiger charge is -2.08. The van der Waals surface area contributed by atoms with Gasteiger partial charge in [0.25, 0.3) is 0 Å². The van der Waals surface area contributed by atoms with E-state index in [1.165, 1.54) is 0 Å². The average molecular weight is 339 g/mol. The summed E-state index contributed by atoms with van der Waals surface area (Å²) < 4.78 is 0. The highest BCUT2D eigenvalue weighted by Crippen LogP contribution is 2.44. The lowest BCUT2D eigenvalue weighted by Crippen LogP contribution is -2.03. The molecule has 2 aromatic carbocycles. The fraction of sp³-hybridized carbons (Fsp3) is 0.190. The Morgan fingerprint density at radius 2 is 1.75 bits per heavy atom. The van der Waals surface area contributed by atoms with E-state index in [4.69, 9.17) is 11.6 Å². The molecule has 0 aromatic heterocycles. The van der Waals surface area contributed by atoms with Crippen LogP contribution in [0.2, 0.25) is 5.02 Å². The predicted octanol–water partition coefficient (Wildman–Crippen LogP) is 6.08. The van der Waals surface area contributed by atoms with Gasteiger partial charge in [-0.2, -0.15) is 0 Å². The van der Waals surface area contributed by atoms with E-state index in [1.807, 2.05) is 24.3 Å². The van der Waals surface area contributed by atoms with E-state index in [0.717, 1.165) is 47.8 Å². The van der Waals surface area contributed by atoms with Gasteiger partial charge >= 0.3 is 0 Å². The molecule has 1 aliphatic carbocycles. The third-order valence-electron chi connectivity index (χ3n) is 4.36. The van der Waals surface area contributed by atoms with E-state index in [2.05, 4.69) is 6.92 Å². The Bertz CT molecular complexity index is 829. The molecule has 0 saturated heterocycles. The molecule has 0 aliphatic heterocycles.